The molecule has 0 heterocycles. The van der Waals surface area contributed by atoms with Gasteiger partial charge in [-0.2, -0.15) is 0 Å². The molecule has 1 rings (SSSR count). The van der Waals surface area contributed by atoms with E-state index < -0.39 is 5.97 Å². The molecule has 4 N–H and O–H groups in total. The number of carboxylic acid groups (broad SMARTS) is 1. The normalized spacial score (nSPS) is 32.9. The fraction of sp³-hybridized carbons (Fsp3) is 0.900. The van der Waals surface area contributed by atoms with Crippen LogP contribution in [-0.4, -0.2) is 29.2 Å². The summed E-state index contributed by atoms with van der Waals surface area (Å²) in [5.41, 5.74) is 5.97. The average molecular weight is 200 g/mol. The monoisotopic (exact) mass is 200 g/mol. The molecule has 0 aromatic heterocycles. The highest BCUT2D eigenvalue weighted by Crippen LogP contribution is 2.25. The Morgan fingerprint density at radius 1 is 1.71 bits per heavy atom. The zero-order valence-electron chi connectivity index (χ0n) is 8.75. The van der Waals surface area contributed by atoms with E-state index >= 15 is 0 Å². The standard InChI is InChI=1S/C10H20N2O2/c1-10(11)5-2-3-8(7-10)12-6-4-9(13)14/h8,12H,2-7,11H2,1H3,(H,13,14). The third-order valence-corrected chi connectivity index (χ3v) is 2.79. The van der Waals surface area contributed by atoms with Gasteiger partial charge in [0.2, 0.25) is 0 Å². The van der Waals surface area contributed by atoms with Crippen LogP contribution >= 0.6 is 0 Å². The highest BCUT2D eigenvalue weighted by atomic mass is 16.4. The van der Waals surface area contributed by atoms with Crippen molar-refractivity contribution in [2.45, 2.75) is 50.6 Å². The zero-order valence-corrected chi connectivity index (χ0v) is 8.75. The number of carbonyl (C=O) groups is 1. The van der Waals surface area contributed by atoms with Gasteiger partial charge in [-0.1, -0.05) is 6.42 Å². The molecule has 4 nitrogen and oxygen atoms in total. The van der Waals surface area contributed by atoms with Crippen molar-refractivity contribution in [3.05, 3.63) is 0 Å². The lowest BCUT2D eigenvalue weighted by molar-refractivity contribution is -0.136. The average Bonchev–Trinajstić information content (AvgIpc) is 2.01. The summed E-state index contributed by atoms with van der Waals surface area (Å²) in [4.78, 5) is 10.3. The fourth-order valence-electron chi connectivity index (χ4n) is 2.08. The molecule has 0 amide bonds. The van der Waals surface area contributed by atoms with Crippen molar-refractivity contribution >= 4 is 5.97 Å². The minimum atomic E-state index is -0.746. The number of rotatable bonds is 4. The van der Waals surface area contributed by atoms with Crippen molar-refractivity contribution in [1.82, 2.24) is 5.32 Å². The van der Waals surface area contributed by atoms with Crippen molar-refractivity contribution in [2.75, 3.05) is 6.54 Å². The minimum Gasteiger partial charge on any atom is -0.481 e. The second-order valence-corrected chi connectivity index (χ2v) is 4.55. The largest absolute Gasteiger partial charge is 0.481 e. The Bertz CT molecular complexity index is 204. The number of carboxylic acids is 1. The Balaban J connectivity index is 2.21. The van der Waals surface area contributed by atoms with Gasteiger partial charge >= 0.3 is 5.97 Å². The highest BCUT2D eigenvalue weighted by molar-refractivity contribution is 5.66. The molecular formula is C10H20N2O2. The van der Waals surface area contributed by atoms with Crippen LogP contribution in [0.5, 0.6) is 0 Å². The summed E-state index contributed by atoms with van der Waals surface area (Å²) in [6.07, 6.45) is 4.47. The van der Waals surface area contributed by atoms with E-state index in [1.54, 1.807) is 0 Å². The van der Waals surface area contributed by atoms with Gasteiger partial charge in [-0.15, -0.1) is 0 Å². The lowest BCUT2D eigenvalue weighted by atomic mass is 9.81. The summed E-state index contributed by atoms with van der Waals surface area (Å²) < 4.78 is 0. The molecule has 14 heavy (non-hydrogen) atoms. The van der Waals surface area contributed by atoms with Gasteiger partial charge in [-0.3, -0.25) is 4.79 Å². The Kier molecular flexibility index (Phi) is 3.89. The first kappa shape index (κ1) is 11.5. The summed E-state index contributed by atoms with van der Waals surface area (Å²) >= 11 is 0. The maximum absolute atomic E-state index is 10.3. The number of nitrogens with two attached hydrogens (primary N) is 1. The van der Waals surface area contributed by atoms with Crippen LogP contribution in [0.25, 0.3) is 0 Å². The SMILES string of the molecule is CC1(N)CCCC(NCCC(=O)O)C1. The molecule has 0 aromatic rings. The van der Waals surface area contributed by atoms with Crippen molar-refractivity contribution in [1.29, 1.82) is 0 Å². The summed E-state index contributed by atoms with van der Waals surface area (Å²) in [5, 5.41) is 11.7. The molecule has 2 atom stereocenters. The van der Waals surface area contributed by atoms with Gasteiger partial charge in [0, 0.05) is 18.1 Å². The number of hydrogen-bond donors (Lipinski definition) is 3. The van der Waals surface area contributed by atoms with E-state index in [1.807, 2.05) is 0 Å². The third-order valence-electron chi connectivity index (χ3n) is 2.79. The van der Waals surface area contributed by atoms with Gasteiger partial charge in [0.1, 0.15) is 0 Å². The van der Waals surface area contributed by atoms with Gasteiger partial charge in [-0.05, 0) is 26.2 Å². The number of hydrogen-bond acceptors (Lipinski definition) is 3. The van der Waals surface area contributed by atoms with Crippen LogP contribution in [0, 0.1) is 0 Å². The third kappa shape index (κ3) is 4.07. The maximum atomic E-state index is 10.3. The Morgan fingerprint density at radius 2 is 2.43 bits per heavy atom. The van der Waals surface area contributed by atoms with Crippen molar-refractivity contribution in [2.24, 2.45) is 5.73 Å². The lowest BCUT2D eigenvalue weighted by Crippen LogP contribution is -2.47. The molecule has 0 radical (unpaired) electrons. The molecule has 82 valence electrons. The van der Waals surface area contributed by atoms with Crippen molar-refractivity contribution in [3.8, 4) is 0 Å². The molecule has 1 aliphatic rings. The quantitative estimate of drug-likeness (QED) is 0.624. The maximum Gasteiger partial charge on any atom is 0.304 e. The van der Waals surface area contributed by atoms with E-state index in [4.69, 9.17) is 10.8 Å². The van der Waals surface area contributed by atoms with E-state index in [1.165, 1.54) is 0 Å². The molecule has 1 fully saturated rings. The highest BCUT2D eigenvalue weighted by Gasteiger charge is 2.27. The number of aliphatic carboxylic acids is 1. The Labute approximate surface area is 84.9 Å². The molecule has 0 aromatic carbocycles. The Hall–Kier alpha value is -0.610. The molecule has 0 saturated heterocycles. The van der Waals surface area contributed by atoms with E-state index in [-0.39, 0.29) is 12.0 Å². The first-order valence-electron chi connectivity index (χ1n) is 5.24. The lowest BCUT2D eigenvalue weighted by Gasteiger charge is -2.35. The first-order valence-corrected chi connectivity index (χ1v) is 5.24. The van der Waals surface area contributed by atoms with Gasteiger partial charge in [-0.25, -0.2) is 0 Å². The number of nitrogens with one attached hydrogen (secondary N) is 1. The second kappa shape index (κ2) is 4.75. The summed E-state index contributed by atoms with van der Waals surface area (Å²) in [6, 6.07) is 0.401. The van der Waals surface area contributed by atoms with Crippen LogP contribution in [0.4, 0.5) is 0 Å². The summed E-state index contributed by atoms with van der Waals surface area (Å²) in [5.74, 6) is -0.746. The van der Waals surface area contributed by atoms with Crippen LogP contribution in [0.1, 0.15) is 39.0 Å². The van der Waals surface area contributed by atoms with E-state index in [0.717, 1.165) is 25.7 Å². The minimum absolute atomic E-state index is 0.0703. The molecule has 1 aliphatic carbocycles. The summed E-state index contributed by atoms with van der Waals surface area (Å²) in [6.45, 7) is 2.62. The molecular weight excluding hydrogens is 180 g/mol. The van der Waals surface area contributed by atoms with E-state index in [2.05, 4.69) is 12.2 Å². The van der Waals surface area contributed by atoms with Crippen molar-refractivity contribution < 1.29 is 9.90 Å². The topological polar surface area (TPSA) is 75.3 Å². The van der Waals surface area contributed by atoms with E-state index in [0.29, 0.717) is 12.6 Å². The smallest absolute Gasteiger partial charge is 0.304 e. The molecule has 0 spiro atoms. The van der Waals surface area contributed by atoms with Crippen LogP contribution in [0.3, 0.4) is 0 Å². The zero-order chi connectivity index (χ0) is 10.6. The Morgan fingerprint density at radius 3 is 3.00 bits per heavy atom. The van der Waals surface area contributed by atoms with Crippen LogP contribution < -0.4 is 11.1 Å². The second-order valence-electron chi connectivity index (χ2n) is 4.55. The molecule has 0 aliphatic heterocycles. The van der Waals surface area contributed by atoms with Crippen LogP contribution in [0.15, 0.2) is 0 Å². The predicted molar refractivity (Wildman–Crippen MR) is 55.1 cm³/mol. The van der Waals surface area contributed by atoms with Crippen molar-refractivity contribution in [3.63, 3.8) is 0 Å². The molecule has 4 heteroatoms. The molecule has 2 unspecified atom stereocenters. The van der Waals surface area contributed by atoms with Gasteiger partial charge in [0.05, 0.1) is 6.42 Å². The molecule has 1 saturated carbocycles. The van der Waals surface area contributed by atoms with Crippen LogP contribution in [0.2, 0.25) is 0 Å². The van der Waals surface area contributed by atoms with Crippen LogP contribution in [-0.2, 0) is 4.79 Å². The van der Waals surface area contributed by atoms with E-state index in [9.17, 15) is 4.79 Å². The van der Waals surface area contributed by atoms with Gasteiger partial charge < -0.3 is 16.2 Å². The van der Waals surface area contributed by atoms with Gasteiger partial charge in [0.15, 0.2) is 0 Å². The molecule has 0 bridgehead atoms. The fourth-order valence-corrected chi connectivity index (χ4v) is 2.08. The first-order chi connectivity index (χ1) is 6.49. The predicted octanol–water partition coefficient (Wildman–Crippen LogP) is 0.711. The summed E-state index contributed by atoms with van der Waals surface area (Å²) in [7, 11) is 0. The van der Waals surface area contributed by atoms with Gasteiger partial charge in [0.25, 0.3) is 0 Å².